The van der Waals surface area contributed by atoms with Gasteiger partial charge in [0.2, 0.25) is 5.91 Å². The van der Waals surface area contributed by atoms with Gasteiger partial charge in [-0.2, -0.15) is 0 Å². The summed E-state index contributed by atoms with van der Waals surface area (Å²) in [7, 11) is 0. The van der Waals surface area contributed by atoms with Crippen molar-refractivity contribution in [1.29, 1.82) is 0 Å². The molecule has 2 heterocycles. The minimum Gasteiger partial charge on any atom is -0.469 e. The number of nitrogens with zero attached hydrogens (tertiary/aromatic N) is 2. The zero-order chi connectivity index (χ0) is 18.9. The second kappa shape index (κ2) is 12.3. The van der Waals surface area contributed by atoms with E-state index in [4.69, 9.17) is 9.41 Å². The molecule has 27 heavy (non-hydrogen) atoms. The van der Waals surface area contributed by atoms with Crippen molar-refractivity contribution in [3.05, 3.63) is 24.2 Å². The molecule has 1 aliphatic rings. The average Bonchev–Trinajstić information content (AvgIpc) is 3.12. The highest BCUT2D eigenvalue weighted by Gasteiger charge is 2.24. The first kappa shape index (κ1) is 23.8. The van der Waals surface area contributed by atoms with E-state index in [1.54, 1.807) is 6.26 Å². The topological polar surface area (TPSA) is 69.9 Å². The second-order valence-corrected chi connectivity index (χ2v) is 7.74. The van der Waals surface area contributed by atoms with Gasteiger partial charge in [-0.3, -0.25) is 9.79 Å². The number of halogens is 1. The first-order valence-corrected chi connectivity index (χ1v) is 9.81. The molecule has 1 amide bonds. The molecule has 6 nitrogen and oxygen atoms in total. The third kappa shape index (κ3) is 8.53. The maximum Gasteiger partial charge on any atom is 0.225 e. The molecule has 1 fully saturated rings. The van der Waals surface area contributed by atoms with E-state index >= 15 is 0 Å². The SMILES string of the molecule is CC(C)CN=C(NCCc1ccco1)NC1CCN(C(=O)C(C)C)CC1.I. The molecule has 2 rings (SSSR count). The van der Waals surface area contributed by atoms with Crippen molar-refractivity contribution in [3.8, 4) is 0 Å². The largest absolute Gasteiger partial charge is 0.469 e. The van der Waals surface area contributed by atoms with E-state index in [9.17, 15) is 4.79 Å². The Morgan fingerprint density at radius 1 is 1.30 bits per heavy atom. The van der Waals surface area contributed by atoms with Crippen LogP contribution in [0.3, 0.4) is 0 Å². The molecule has 0 spiro atoms. The van der Waals surface area contributed by atoms with Crippen molar-refractivity contribution in [3.63, 3.8) is 0 Å². The molecule has 154 valence electrons. The van der Waals surface area contributed by atoms with Crippen molar-refractivity contribution < 1.29 is 9.21 Å². The van der Waals surface area contributed by atoms with Crippen LogP contribution >= 0.6 is 24.0 Å². The minimum absolute atomic E-state index is 0. The summed E-state index contributed by atoms with van der Waals surface area (Å²) >= 11 is 0. The first-order chi connectivity index (χ1) is 12.5. The highest BCUT2D eigenvalue weighted by Crippen LogP contribution is 2.13. The van der Waals surface area contributed by atoms with E-state index in [-0.39, 0.29) is 35.8 Å². The summed E-state index contributed by atoms with van der Waals surface area (Å²) in [5.41, 5.74) is 0. The van der Waals surface area contributed by atoms with Gasteiger partial charge in [0.05, 0.1) is 6.26 Å². The Bertz CT molecular complexity index is 565. The Balaban J connectivity index is 0.00000364. The number of furan rings is 1. The van der Waals surface area contributed by atoms with Gasteiger partial charge in [0.1, 0.15) is 5.76 Å². The van der Waals surface area contributed by atoms with Crippen LogP contribution in [0.2, 0.25) is 0 Å². The number of carbonyl (C=O) groups is 1. The van der Waals surface area contributed by atoms with Crippen LogP contribution < -0.4 is 10.6 Å². The van der Waals surface area contributed by atoms with E-state index in [2.05, 4.69) is 24.5 Å². The van der Waals surface area contributed by atoms with Gasteiger partial charge >= 0.3 is 0 Å². The number of guanidine groups is 1. The highest BCUT2D eigenvalue weighted by atomic mass is 127. The van der Waals surface area contributed by atoms with Gasteiger partial charge in [-0.25, -0.2) is 0 Å². The van der Waals surface area contributed by atoms with Crippen LogP contribution in [0.4, 0.5) is 0 Å². The van der Waals surface area contributed by atoms with Crippen LogP contribution in [-0.2, 0) is 11.2 Å². The number of hydrogen-bond acceptors (Lipinski definition) is 3. The molecule has 0 unspecified atom stereocenters. The number of piperidine rings is 1. The Labute approximate surface area is 180 Å². The molecular weight excluding hydrogens is 455 g/mol. The average molecular weight is 490 g/mol. The quantitative estimate of drug-likeness (QED) is 0.350. The summed E-state index contributed by atoms with van der Waals surface area (Å²) in [5, 5.41) is 6.96. The van der Waals surface area contributed by atoms with Gasteiger partial charge < -0.3 is 20.0 Å². The summed E-state index contributed by atoms with van der Waals surface area (Å²) in [6.45, 7) is 11.5. The summed E-state index contributed by atoms with van der Waals surface area (Å²) in [5.74, 6) is 2.68. The molecule has 0 atom stereocenters. The Kier molecular flexibility index (Phi) is 10.8. The Hall–Kier alpha value is -1.25. The smallest absolute Gasteiger partial charge is 0.225 e. The summed E-state index contributed by atoms with van der Waals surface area (Å²) in [6, 6.07) is 4.25. The van der Waals surface area contributed by atoms with Crippen LogP contribution in [0.15, 0.2) is 27.8 Å². The van der Waals surface area contributed by atoms with Gasteiger partial charge in [-0.15, -0.1) is 24.0 Å². The zero-order valence-electron chi connectivity index (χ0n) is 17.0. The van der Waals surface area contributed by atoms with E-state index in [0.717, 1.165) is 57.2 Å². The summed E-state index contributed by atoms with van der Waals surface area (Å²) in [6.07, 6.45) is 4.45. The lowest BCUT2D eigenvalue weighted by molar-refractivity contribution is -0.135. The molecule has 0 saturated carbocycles. The third-order valence-corrected chi connectivity index (χ3v) is 4.50. The zero-order valence-corrected chi connectivity index (χ0v) is 19.4. The van der Waals surface area contributed by atoms with E-state index in [1.165, 1.54) is 0 Å². The minimum atomic E-state index is 0. The maximum absolute atomic E-state index is 12.1. The van der Waals surface area contributed by atoms with Gasteiger partial charge in [0, 0.05) is 44.6 Å². The van der Waals surface area contributed by atoms with Crippen LogP contribution in [0, 0.1) is 11.8 Å². The number of amides is 1. The number of nitrogens with one attached hydrogen (secondary N) is 2. The fraction of sp³-hybridized carbons (Fsp3) is 0.700. The number of aliphatic imine (C=N–C) groups is 1. The Morgan fingerprint density at radius 3 is 2.56 bits per heavy atom. The van der Waals surface area contributed by atoms with E-state index < -0.39 is 0 Å². The summed E-state index contributed by atoms with van der Waals surface area (Å²) in [4.78, 5) is 18.8. The number of likely N-dealkylation sites (tertiary alicyclic amines) is 1. The highest BCUT2D eigenvalue weighted by molar-refractivity contribution is 14.0. The lowest BCUT2D eigenvalue weighted by Gasteiger charge is -2.34. The molecule has 1 aromatic heterocycles. The first-order valence-electron chi connectivity index (χ1n) is 9.81. The monoisotopic (exact) mass is 490 g/mol. The predicted octanol–water partition coefficient (Wildman–Crippen LogP) is 3.28. The maximum atomic E-state index is 12.1. The molecule has 0 bridgehead atoms. The number of hydrogen-bond donors (Lipinski definition) is 2. The van der Waals surface area contributed by atoms with Crippen molar-refractivity contribution in [1.82, 2.24) is 15.5 Å². The van der Waals surface area contributed by atoms with Crippen molar-refractivity contribution in [2.75, 3.05) is 26.2 Å². The molecular formula is C20H35IN4O2. The van der Waals surface area contributed by atoms with Gasteiger partial charge in [0.15, 0.2) is 5.96 Å². The van der Waals surface area contributed by atoms with Crippen molar-refractivity contribution >= 4 is 35.8 Å². The Morgan fingerprint density at radius 2 is 2.00 bits per heavy atom. The number of rotatable bonds is 7. The molecule has 1 saturated heterocycles. The fourth-order valence-corrected chi connectivity index (χ4v) is 2.99. The van der Waals surface area contributed by atoms with Crippen LogP contribution in [0.25, 0.3) is 0 Å². The van der Waals surface area contributed by atoms with Crippen molar-refractivity contribution in [2.45, 2.75) is 53.0 Å². The molecule has 1 aromatic rings. The molecule has 0 aliphatic carbocycles. The molecule has 0 radical (unpaired) electrons. The van der Waals surface area contributed by atoms with Crippen LogP contribution in [0.5, 0.6) is 0 Å². The van der Waals surface area contributed by atoms with Gasteiger partial charge in [-0.05, 0) is 30.9 Å². The normalized spacial score (nSPS) is 15.8. The standard InChI is InChI=1S/C20H34N4O2.HI/c1-15(2)14-22-20(21-10-7-18-6-5-13-26-18)23-17-8-11-24(12-9-17)19(25)16(3)4;/h5-6,13,15-17H,7-12,14H2,1-4H3,(H2,21,22,23);1H. The molecule has 7 heteroatoms. The van der Waals surface area contributed by atoms with Gasteiger partial charge in [-0.1, -0.05) is 27.7 Å². The van der Waals surface area contributed by atoms with Crippen molar-refractivity contribution in [2.24, 2.45) is 16.8 Å². The lowest BCUT2D eigenvalue weighted by atomic mass is 10.0. The molecule has 2 N–H and O–H groups in total. The van der Waals surface area contributed by atoms with E-state index in [0.29, 0.717) is 12.0 Å². The lowest BCUT2D eigenvalue weighted by Crippen LogP contribution is -2.50. The van der Waals surface area contributed by atoms with Crippen LogP contribution in [-0.4, -0.2) is 49.0 Å². The van der Waals surface area contributed by atoms with Crippen LogP contribution in [0.1, 0.15) is 46.3 Å². The summed E-state index contributed by atoms with van der Waals surface area (Å²) < 4.78 is 5.38. The van der Waals surface area contributed by atoms with E-state index in [1.807, 2.05) is 30.9 Å². The fourth-order valence-electron chi connectivity index (χ4n) is 2.99. The molecule has 0 aromatic carbocycles. The predicted molar refractivity (Wildman–Crippen MR) is 121 cm³/mol. The third-order valence-electron chi connectivity index (χ3n) is 4.50. The number of carbonyl (C=O) groups excluding carboxylic acids is 1. The van der Waals surface area contributed by atoms with Gasteiger partial charge in [0.25, 0.3) is 0 Å². The second-order valence-electron chi connectivity index (χ2n) is 7.74. The molecule has 1 aliphatic heterocycles.